The summed E-state index contributed by atoms with van der Waals surface area (Å²) >= 11 is 0. The van der Waals surface area contributed by atoms with Gasteiger partial charge in [0.1, 0.15) is 6.04 Å². The number of benzene rings is 1. The second-order valence-electron chi connectivity index (χ2n) is 8.30. The number of aromatic nitrogens is 2. The summed E-state index contributed by atoms with van der Waals surface area (Å²) in [6.45, 7) is 3.66. The van der Waals surface area contributed by atoms with E-state index in [4.69, 9.17) is 0 Å². The Labute approximate surface area is 166 Å². The molecule has 5 nitrogen and oxygen atoms in total. The summed E-state index contributed by atoms with van der Waals surface area (Å²) in [5.74, 6) is 0.898. The minimum Gasteiger partial charge on any atom is -0.373 e. The Morgan fingerprint density at radius 1 is 1.32 bits per heavy atom. The highest BCUT2D eigenvalue weighted by Crippen LogP contribution is 2.45. The van der Waals surface area contributed by atoms with Gasteiger partial charge in [0.05, 0.1) is 5.69 Å². The number of allylic oxidation sites excluding steroid dienone is 2. The van der Waals surface area contributed by atoms with E-state index in [1.807, 2.05) is 11.0 Å². The molecule has 1 aromatic heterocycles. The molecule has 1 aliphatic carbocycles. The molecule has 3 aliphatic rings. The van der Waals surface area contributed by atoms with Crippen LogP contribution >= 0.6 is 0 Å². The van der Waals surface area contributed by atoms with Crippen LogP contribution in [0, 0.1) is 5.92 Å². The number of H-pyrrole nitrogens is 1. The Kier molecular flexibility index (Phi) is 4.46. The zero-order valence-electron chi connectivity index (χ0n) is 16.4. The van der Waals surface area contributed by atoms with Crippen molar-refractivity contribution in [3.05, 3.63) is 58.9 Å². The van der Waals surface area contributed by atoms with Crippen LogP contribution < -0.4 is 5.32 Å². The first-order valence-corrected chi connectivity index (χ1v) is 10.6. The average Bonchev–Trinajstić information content (AvgIpc) is 3.38. The number of unbranched alkanes of at least 4 members (excludes halogenated alkanes) is 1. The molecule has 1 amide bonds. The van der Waals surface area contributed by atoms with Crippen LogP contribution in [-0.2, 0) is 24.2 Å². The van der Waals surface area contributed by atoms with Crippen molar-refractivity contribution in [2.75, 3.05) is 11.9 Å². The molecule has 3 atom stereocenters. The van der Waals surface area contributed by atoms with Crippen LogP contribution in [0.4, 0.5) is 5.69 Å². The van der Waals surface area contributed by atoms with Crippen molar-refractivity contribution in [1.29, 1.82) is 0 Å². The van der Waals surface area contributed by atoms with Gasteiger partial charge in [0.2, 0.25) is 5.91 Å². The number of anilines is 1. The molecule has 28 heavy (non-hydrogen) atoms. The number of nitrogens with zero attached hydrogens (tertiary/aromatic N) is 2. The molecule has 0 radical (unpaired) electrons. The number of hydrogen-bond acceptors (Lipinski definition) is 3. The summed E-state index contributed by atoms with van der Waals surface area (Å²) in [7, 11) is 0. The van der Waals surface area contributed by atoms with Gasteiger partial charge in [-0.1, -0.05) is 43.7 Å². The summed E-state index contributed by atoms with van der Waals surface area (Å²) < 4.78 is 0. The van der Waals surface area contributed by atoms with Gasteiger partial charge >= 0.3 is 0 Å². The third-order valence-corrected chi connectivity index (χ3v) is 6.64. The lowest BCUT2D eigenvalue weighted by molar-refractivity contribution is -0.134. The molecule has 2 aromatic rings. The molecule has 5 heteroatoms. The number of carbonyl (C=O) groups excluding carboxylic acids is 1. The molecule has 0 saturated heterocycles. The summed E-state index contributed by atoms with van der Waals surface area (Å²) in [6.07, 6.45) is 9.66. The van der Waals surface area contributed by atoms with E-state index in [0.717, 1.165) is 50.0 Å². The number of rotatable bonds is 4. The maximum Gasteiger partial charge on any atom is 0.245 e. The van der Waals surface area contributed by atoms with Crippen LogP contribution in [0.5, 0.6) is 0 Å². The lowest BCUT2D eigenvalue weighted by Gasteiger charge is -2.39. The van der Waals surface area contributed by atoms with E-state index in [2.05, 4.69) is 52.8 Å². The predicted octanol–water partition coefficient (Wildman–Crippen LogP) is 3.79. The fourth-order valence-electron chi connectivity index (χ4n) is 5.08. The Bertz CT molecular complexity index is 915. The third kappa shape index (κ3) is 2.84. The highest BCUT2D eigenvalue weighted by Gasteiger charge is 2.42. The van der Waals surface area contributed by atoms with Gasteiger partial charge in [-0.3, -0.25) is 9.89 Å². The van der Waals surface area contributed by atoms with E-state index >= 15 is 0 Å². The van der Waals surface area contributed by atoms with Gasteiger partial charge in [-0.15, -0.1) is 0 Å². The molecule has 0 fully saturated rings. The molecule has 1 aromatic carbocycles. The predicted molar refractivity (Wildman–Crippen MR) is 110 cm³/mol. The van der Waals surface area contributed by atoms with E-state index in [-0.39, 0.29) is 11.9 Å². The van der Waals surface area contributed by atoms with Crippen molar-refractivity contribution in [3.63, 3.8) is 0 Å². The van der Waals surface area contributed by atoms with Crippen molar-refractivity contribution in [1.82, 2.24) is 15.1 Å². The molecule has 5 rings (SSSR count). The van der Waals surface area contributed by atoms with Crippen molar-refractivity contribution in [2.24, 2.45) is 5.92 Å². The van der Waals surface area contributed by atoms with E-state index in [0.29, 0.717) is 18.4 Å². The number of para-hydroxylation sites is 1. The first-order valence-electron chi connectivity index (χ1n) is 10.6. The largest absolute Gasteiger partial charge is 0.373 e. The Morgan fingerprint density at radius 3 is 3.11 bits per heavy atom. The van der Waals surface area contributed by atoms with E-state index in [1.165, 1.54) is 16.8 Å². The SMILES string of the molecule is CCCCc1n[nH]c2c1CN(C(=O)[C@@H]1Nc3ccccc3[C@H]3C=CC[C@H]31)CC2. The molecule has 0 spiro atoms. The number of nitrogens with one attached hydrogen (secondary N) is 2. The first kappa shape index (κ1) is 17.5. The fraction of sp³-hybridized carbons (Fsp3) is 0.478. The van der Waals surface area contributed by atoms with Crippen LogP contribution in [-0.4, -0.2) is 33.6 Å². The lowest BCUT2D eigenvalue weighted by atomic mass is 9.79. The van der Waals surface area contributed by atoms with Crippen molar-refractivity contribution < 1.29 is 4.79 Å². The maximum atomic E-state index is 13.6. The fourth-order valence-corrected chi connectivity index (χ4v) is 5.08. The highest BCUT2D eigenvalue weighted by molar-refractivity contribution is 5.87. The van der Waals surface area contributed by atoms with Crippen LogP contribution in [0.1, 0.15) is 54.6 Å². The number of carbonyl (C=O) groups is 1. The van der Waals surface area contributed by atoms with E-state index in [1.54, 1.807) is 0 Å². The normalized spacial score (nSPS) is 25.0. The molecule has 0 unspecified atom stereocenters. The van der Waals surface area contributed by atoms with Crippen LogP contribution in [0.25, 0.3) is 0 Å². The van der Waals surface area contributed by atoms with Gasteiger partial charge in [0.15, 0.2) is 0 Å². The Hall–Kier alpha value is -2.56. The average molecular weight is 377 g/mol. The number of fused-ring (bicyclic) bond motifs is 4. The van der Waals surface area contributed by atoms with Crippen molar-refractivity contribution in [2.45, 2.75) is 57.5 Å². The van der Waals surface area contributed by atoms with Gasteiger partial charge in [0, 0.05) is 48.3 Å². The summed E-state index contributed by atoms with van der Waals surface area (Å²) in [4.78, 5) is 15.6. The second-order valence-corrected chi connectivity index (χ2v) is 8.30. The molecule has 3 heterocycles. The van der Waals surface area contributed by atoms with Crippen LogP contribution in [0.15, 0.2) is 36.4 Å². The minimum atomic E-state index is -0.151. The number of aryl methyl sites for hydroxylation is 1. The first-order chi connectivity index (χ1) is 13.8. The van der Waals surface area contributed by atoms with Gasteiger partial charge in [-0.25, -0.2) is 0 Å². The van der Waals surface area contributed by atoms with Gasteiger partial charge in [-0.05, 0) is 30.9 Å². The van der Waals surface area contributed by atoms with Gasteiger partial charge in [0.25, 0.3) is 0 Å². The van der Waals surface area contributed by atoms with Crippen LogP contribution in [0.2, 0.25) is 0 Å². The zero-order chi connectivity index (χ0) is 19.1. The zero-order valence-corrected chi connectivity index (χ0v) is 16.4. The molecular formula is C23H28N4O. The standard InChI is InChI=1S/C23H28N4O/c1-2-3-10-20-18-14-27(13-12-21(18)26-25-20)23(28)22-17-9-6-8-15(17)16-7-4-5-11-19(16)24-22/h4-8,11,15,17,22,24H,2-3,9-10,12-14H2,1H3,(H,25,26)/t15-,17-,22-/m1/s1. The Morgan fingerprint density at radius 2 is 2.21 bits per heavy atom. The molecule has 2 N–H and O–H groups in total. The van der Waals surface area contributed by atoms with E-state index in [9.17, 15) is 4.79 Å². The lowest BCUT2D eigenvalue weighted by Crippen LogP contribution is -2.50. The van der Waals surface area contributed by atoms with Gasteiger partial charge < -0.3 is 10.2 Å². The number of aromatic amines is 1. The monoisotopic (exact) mass is 376 g/mol. The highest BCUT2D eigenvalue weighted by atomic mass is 16.2. The third-order valence-electron chi connectivity index (χ3n) is 6.64. The smallest absolute Gasteiger partial charge is 0.245 e. The minimum absolute atomic E-state index is 0.151. The summed E-state index contributed by atoms with van der Waals surface area (Å²) in [6, 6.07) is 8.28. The van der Waals surface area contributed by atoms with Crippen LogP contribution in [0.3, 0.4) is 0 Å². The van der Waals surface area contributed by atoms with E-state index < -0.39 is 0 Å². The quantitative estimate of drug-likeness (QED) is 0.798. The molecular weight excluding hydrogens is 348 g/mol. The van der Waals surface area contributed by atoms with Crippen molar-refractivity contribution >= 4 is 11.6 Å². The second kappa shape index (κ2) is 7.12. The summed E-state index contributed by atoms with van der Waals surface area (Å²) in [5, 5.41) is 11.3. The number of hydrogen-bond donors (Lipinski definition) is 2. The molecule has 2 aliphatic heterocycles. The maximum absolute atomic E-state index is 13.6. The summed E-state index contributed by atoms with van der Waals surface area (Å²) in [5.41, 5.74) is 6.06. The molecule has 0 bridgehead atoms. The molecule has 0 saturated carbocycles. The number of amides is 1. The topological polar surface area (TPSA) is 61.0 Å². The van der Waals surface area contributed by atoms with Gasteiger partial charge in [-0.2, -0.15) is 5.10 Å². The van der Waals surface area contributed by atoms with Crippen molar-refractivity contribution in [3.8, 4) is 0 Å². The Balaban J connectivity index is 1.38. The molecule has 146 valence electrons.